The standard InChI is InChI=1S/C22H17N3O/c1-26-16-11-12-18-17-9-5-6-10-19(17)21-22(20(18)13-16)25(24-23-21)14-15-7-3-2-4-8-15/h2-13H,14H2,1H3. The molecule has 5 rings (SSSR count). The minimum Gasteiger partial charge on any atom is -0.497 e. The molecule has 26 heavy (non-hydrogen) atoms. The zero-order chi connectivity index (χ0) is 17.5. The lowest BCUT2D eigenvalue weighted by Crippen LogP contribution is -2.02. The molecule has 0 N–H and O–H groups in total. The maximum Gasteiger partial charge on any atom is 0.121 e. The van der Waals surface area contributed by atoms with Crippen LogP contribution in [0.4, 0.5) is 0 Å². The molecule has 0 aliphatic carbocycles. The predicted molar refractivity (Wildman–Crippen MR) is 105 cm³/mol. The van der Waals surface area contributed by atoms with Gasteiger partial charge in [0.1, 0.15) is 11.3 Å². The van der Waals surface area contributed by atoms with Gasteiger partial charge in [-0.25, -0.2) is 4.68 Å². The van der Waals surface area contributed by atoms with Crippen molar-refractivity contribution in [3.05, 3.63) is 78.4 Å². The lowest BCUT2D eigenvalue weighted by atomic mass is 9.99. The molecular formula is C22H17N3O. The van der Waals surface area contributed by atoms with Gasteiger partial charge in [-0.1, -0.05) is 59.8 Å². The monoisotopic (exact) mass is 339 g/mol. The number of hydrogen-bond donors (Lipinski definition) is 0. The summed E-state index contributed by atoms with van der Waals surface area (Å²) >= 11 is 0. The van der Waals surface area contributed by atoms with Crippen LogP contribution in [0.15, 0.2) is 72.8 Å². The molecule has 1 aromatic heterocycles. The Labute approximate surface area is 150 Å². The van der Waals surface area contributed by atoms with Crippen molar-refractivity contribution in [1.82, 2.24) is 15.0 Å². The van der Waals surface area contributed by atoms with Crippen LogP contribution in [0.5, 0.6) is 5.75 Å². The number of ether oxygens (including phenoxy) is 1. The summed E-state index contributed by atoms with van der Waals surface area (Å²) in [4.78, 5) is 0. The van der Waals surface area contributed by atoms with Crippen LogP contribution in [0, 0.1) is 0 Å². The highest BCUT2D eigenvalue weighted by molar-refractivity contribution is 6.23. The molecule has 4 nitrogen and oxygen atoms in total. The third-order valence-electron chi connectivity index (χ3n) is 4.86. The zero-order valence-corrected chi connectivity index (χ0v) is 14.4. The Morgan fingerprint density at radius 3 is 2.35 bits per heavy atom. The summed E-state index contributed by atoms with van der Waals surface area (Å²) in [6.07, 6.45) is 0. The number of benzene rings is 4. The van der Waals surface area contributed by atoms with Crippen LogP contribution in [0.25, 0.3) is 32.6 Å². The highest BCUT2D eigenvalue weighted by Gasteiger charge is 2.15. The van der Waals surface area contributed by atoms with Crippen LogP contribution in [-0.4, -0.2) is 22.1 Å². The Hall–Kier alpha value is -3.40. The van der Waals surface area contributed by atoms with Crippen molar-refractivity contribution in [1.29, 1.82) is 0 Å². The van der Waals surface area contributed by atoms with E-state index in [4.69, 9.17) is 4.74 Å². The summed E-state index contributed by atoms with van der Waals surface area (Å²) in [5, 5.41) is 13.6. The maximum atomic E-state index is 5.47. The first-order valence-corrected chi connectivity index (χ1v) is 8.61. The molecule has 0 amide bonds. The van der Waals surface area contributed by atoms with Gasteiger partial charge in [0.2, 0.25) is 0 Å². The summed E-state index contributed by atoms with van der Waals surface area (Å²) in [5.41, 5.74) is 3.17. The van der Waals surface area contributed by atoms with E-state index in [0.29, 0.717) is 6.54 Å². The molecule has 1 heterocycles. The van der Waals surface area contributed by atoms with Crippen LogP contribution in [0.3, 0.4) is 0 Å². The predicted octanol–water partition coefficient (Wildman–Crippen LogP) is 4.79. The van der Waals surface area contributed by atoms with E-state index in [0.717, 1.165) is 27.6 Å². The Balaban J connectivity index is 1.88. The van der Waals surface area contributed by atoms with Gasteiger partial charge < -0.3 is 4.74 Å². The summed E-state index contributed by atoms with van der Waals surface area (Å²) < 4.78 is 7.45. The van der Waals surface area contributed by atoms with Gasteiger partial charge in [-0.05, 0) is 34.5 Å². The Bertz CT molecular complexity index is 1240. The van der Waals surface area contributed by atoms with E-state index in [1.54, 1.807) is 7.11 Å². The number of fused-ring (bicyclic) bond motifs is 6. The van der Waals surface area contributed by atoms with Crippen molar-refractivity contribution in [3.8, 4) is 5.75 Å². The van der Waals surface area contributed by atoms with Gasteiger partial charge in [-0.3, -0.25) is 0 Å². The molecule has 0 bridgehead atoms. The quantitative estimate of drug-likeness (QED) is 0.444. The van der Waals surface area contributed by atoms with E-state index in [1.165, 1.54) is 16.3 Å². The third-order valence-corrected chi connectivity index (χ3v) is 4.86. The van der Waals surface area contributed by atoms with E-state index in [2.05, 4.69) is 52.8 Å². The average molecular weight is 339 g/mol. The summed E-state index contributed by atoms with van der Waals surface area (Å²) in [7, 11) is 1.69. The second-order valence-corrected chi connectivity index (χ2v) is 6.39. The van der Waals surface area contributed by atoms with Gasteiger partial charge in [-0.15, -0.1) is 5.10 Å². The Morgan fingerprint density at radius 1 is 0.808 bits per heavy atom. The SMILES string of the molecule is COc1ccc2c3ccccc3c3nnn(Cc4ccccc4)c3c2c1. The van der Waals surface area contributed by atoms with Crippen molar-refractivity contribution >= 4 is 32.6 Å². The molecule has 0 radical (unpaired) electrons. The van der Waals surface area contributed by atoms with Gasteiger partial charge in [0.05, 0.1) is 19.2 Å². The van der Waals surface area contributed by atoms with Gasteiger partial charge >= 0.3 is 0 Å². The van der Waals surface area contributed by atoms with Gasteiger partial charge in [-0.2, -0.15) is 0 Å². The first-order valence-electron chi connectivity index (χ1n) is 8.61. The van der Waals surface area contributed by atoms with Crippen molar-refractivity contribution in [2.45, 2.75) is 6.54 Å². The molecule has 0 saturated heterocycles. The second-order valence-electron chi connectivity index (χ2n) is 6.39. The molecule has 0 spiro atoms. The minimum absolute atomic E-state index is 0.683. The fraction of sp³-hybridized carbons (Fsp3) is 0.0909. The van der Waals surface area contributed by atoms with E-state index >= 15 is 0 Å². The van der Waals surface area contributed by atoms with Crippen LogP contribution < -0.4 is 4.74 Å². The number of rotatable bonds is 3. The van der Waals surface area contributed by atoms with Gasteiger partial charge in [0, 0.05) is 10.8 Å². The van der Waals surface area contributed by atoms with E-state index < -0.39 is 0 Å². The summed E-state index contributed by atoms with van der Waals surface area (Å²) in [6.45, 7) is 0.683. The molecule has 0 aliphatic heterocycles. The van der Waals surface area contributed by atoms with E-state index in [1.807, 2.05) is 35.0 Å². The first-order chi connectivity index (χ1) is 12.8. The fourth-order valence-corrected chi connectivity index (χ4v) is 3.63. The lowest BCUT2D eigenvalue weighted by molar-refractivity contribution is 0.415. The Kier molecular flexibility index (Phi) is 3.35. The minimum atomic E-state index is 0.683. The van der Waals surface area contributed by atoms with Crippen LogP contribution in [-0.2, 0) is 6.54 Å². The van der Waals surface area contributed by atoms with Crippen LogP contribution in [0.1, 0.15) is 5.56 Å². The summed E-state index contributed by atoms with van der Waals surface area (Å²) in [6, 6.07) is 24.9. The summed E-state index contributed by atoms with van der Waals surface area (Å²) in [5.74, 6) is 0.835. The normalized spacial score (nSPS) is 11.4. The van der Waals surface area contributed by atoms with Crippen molar-refractivity contribution < 1.29 is 4.74 Å². The van der Waals surface area contributed by atoms with Crippen LogP contribution >= 0.6 is 0 Å². The van der Waals surface area contributed by atoms with Gasteiger partial charge in [0.15, 0.2) is 0 Å². The smallest absolute Gasteiger partial charge is 0.121 e. The first kappa shape index (κ1) is 14.9. The molecule has 5 aromatic rings. The topological polar surface area (TPSA) is 39.9 Å². The molecule has 126 valence electrons. The lowest BCUT2D eigenvalue weighted by Gasteiger charge is -2.10. The number of aromatic nitrogens is 3. The molecule has 4 heteroatoms. The molecule has 4 aromatic carbocycles. The Morgan fingerprint density at radius 2 is 1.54 bits per heavy atom. The van der Waals surface area contributed by atoms with Crippen molar-refractivity contribution in [3.63, 3.8) is 0 Å². The van der Waals surface area contributed by atoms with Crippen LogP contribution in [0.2, 0.25) is 0 Å². The zero-order valence-electron chi connectivity index (χ0n) is 14.4. The molecule has 0 unspecified atom stereocenters. The molecule has 0 atom stereocenters. The fourth-order valence-electron chi connectivity index (χ4n) is 3.63. The van der Waals surface area contributed by atoms with E-state index in [-0.39, 0.29) is 0 Å². The van der Waals surface area contributed by atoms with Crippen molar-refractivity contribution in [2.24, 2.45) is 0 Å². The number of hydrogen-bond acceptors (Lipinski definition) is 3. The molecular weight excluding hydrogens is 322 g/mol. The second kappa shape index (κ2) is 5.85. The van der Waals surface area contributed by atoms with E-state index in [9.17, 15) is 0 Å². The molecule has 0 fully saturated rings. The highest BCUT2D eigenvalue weighted by Crippen LogP contribution is 2.35. The number of nitrogens with zero attached hydrogens (tertiary/aromatic N) is 3. The maximum absolute atomic E-state index is 5.47. The van der Waals surface area contributed by atoms with Gasteiger partial charge in [0.25, 0.3) is 0 Å². The number of methoxy groups -OCH3 is 1. The molecule has 0 saturated carbocycles. The highest BCUT2D eigenvalue weighted by atomic mass is 16.5. The third kappa shape index (κ3) is 2.23. The largest absolute Gasteiger partial charge is 0.497 e. The molecule has 0 aliphatic rings. The average Bonchev–Trinajstić information content (AvgIpc) is 3.12. The van der Waals surface area contributed by atoms with Crippen molar-refractivity contribution in [2.75, 3.05) is 7.11 Å².